The summed E-state index contributed by atoms with van der Waals surface area (Å²) < 4.78 is 5.42. The molecule has 0 saturated heterocycles. The van der Waals surface area contributed by atoms with Gasteiger partial charge in [0.2, 0.25) is 0 Å². The van der Waals surface area contributed by atoms with E-state index in [-0.39, 0.29) is 5.91 Å². The predicted molar refractivity (Wildman–Crippen MR) is 126 cm³/mol. The molecule has 0 unspecified atom stereocenters. The van der Waals surface area contributed by atoms with Crippen molar-refractivity contribution >= 4 is 40.2 Å². The van der Waals surface area contributed by atoms with Crippen LogP contribution in [0.25, 0.3) is 11.3 Å². The van der Waals surface area contributed by atoms with Crippen LogP contribution in [0.3, 0.4) is 0 Å². The van der Waals surface area contributed by atoms with Crippen molar-refractivity contribution in [2.75, 3.05) is 16.4 Å². The molecule has 0 saturated carbocycles. The summed E-state index contributed by atoms with van der Waals surface area (Å²) in [5.41, 5.74) is 10.3. The second-order valence-electron chi connectivity index (χ2n) is 8.46. The molecule has 7 heteroatoms. The minimum Gasteiger partial charge on any atom is -0.456 e. The third-order valence-electron chi connectivity index (χ3n) is 4.78. The Hall–Kier alpha value is -4.13. The number of hydrogen-bond donors (Lipinski definition) is 3. The highest BCUT2D eigenvalue weighted by Crippen LogP contribution is 2.38. The van der Waals surface area contributed by atoms with Crippen LogP contribution in [0.2, 0.25) is 0 Å². The summed E-state index contributed by atoms with van der Waals surface area (Å²) in [6.45, 7) is 5.47. The van der Waals surface area contributed by atoms with Gasteiger partial charge in [-0.15, -0.1) is 0 Å². The number of nitrogen functional groups attached to an aromatic ring is 1. The van der Waals surface area contributed by atoms with Crippen LogP contribution in [-0.2, 0) is 9.53 Å². The molecule has 2 heterocycles. The third kappa shape index (κ3) is 4.46. The Balaban J connectivity index is 1.72. The van der Waals surface area contributed by atoms with Crippen molar-refractivity contribution in [1.82, 2.24) is 4.98 Å². The fourth-order valence-corrected chi connectivity index (χ4v) is 3.40. The first-order chi connectivity index (χ1) is 15.2. The maximum atomic E-state index is 12.9. The number of nitrogens with two attached hydrogens (primary N) is 1. The number of aromatic nitrogens is 1. The molecule has 0 bridgehead atoms. The van der Waals surface area contributed by atoms with Gasteiger partial charge in [0.1, 0.15) is 5.60 Å². The average molecular weight is 428 g/mol. The molecule has 162 valence electrons. The molecule has 4 rings (SSSR count). The molecule has 1 aromatic heterocycles. The Morgan fingerprint density at radius 1 is 1.06 bits per heavy atom. The number of carbonyl (C=O) groups is 2. The van der Waals surface area contributed by atoms with Gasteiger partial charge in [-0.2, -0.15) is 0 Å². The Bertz CT molecular complexity index is 1210. The summed E-state index contributed by atoms with van der Waals surface area (Å²) >= 11 is 0. The third-order valence-corrected chi connectivity index (χ3v) is 4.78. The van der Waals surface area contributed by atoms with E-state index in [1.54, 1.807) is 54.9 Å². The molecule has 0 fully saturated rings. The van der Waals surface area contributed by atoms with Gasteiger partial charge < -0.3 is 21.1 Å². The number of hydrogen-bond acceptors (Lipinski definition) is 6. The number of carbonyl (C=O) groups excluding carboxylic acids is 2. The normalized spacial score (nSPS) is 14.4. The van der Waals surface area contributed by atoms with Gasteiger partial charge in [-0.1, -0.05) is 0 Å². The van der Waals surface area contributed by atoms with E-state index in [9.17, 15) is 9.59 Å². The second kappa shape index (κ2) is 8.19. The monoisotopic (exact) mass is 428 g/mol. The molecule has 0 radical (unpaired) electrons. The fourth-order valence-electron chi connectivity index (χ4n) is 3.40. The lowest BCUT2D eigenvalue weighted by Crippen LogP contribution is -2.23. The molecule has 1 amide bonds. The van der Waals surface area contributed by atoms with Crippen LogP contribution in [0.15, 0.2) is 67.0 Å². The molecule has 0 spiro atoms. The van der Waals surface area contributed by atoms with E-state index in [1.807, 2.05) is 32.9 Å². The van der Waals surface area contributed by atoms with E-state index in [2.05, 4.69) is 15.6 Å². The lowest BCUT2D eigenvalue weighted by molar-refractivity contribution is -0.110. The van der Waals surface area contributed by atoms with Crippen molar-refractivity contribution in [1.29, 1.82) is 0 Å². The van der Waals surface area contributed by atoms with Crippen LogP contribution < -0.4 is 16.4 Å². The highest BCUT2D eigenvalue weighted by Gasteiger charge is 2.28. The van der Waals surface area contributed by atoms with Crippen molar-refractivity contribution < 1.29 is 14.3 Å². The average Bonchev–Trinajstić information content (AvgIpc) is 3.06. The number of anilines is 3. The second-order valence-corrected chi connectivity index (χ2v) is 8.46. The maximum absolute atomic E-state index is 12.9. The SMILES string of the molecule is CC(C)(C)OC(=O)c1ccc(N/C(=C2\C(=O)Nc3cc(N)ccc32)c2cccnc2)cc1. The number of benzene rings is 2. The molecular formula is C25H24N4O3. The molecule has 1 aliphatic heterocycles. The zero-order valence-electron chi connectivity index (χ0n) is 18.1. The summed E-state index contributed by atoms with van der Waals surface area (Å²) in [5, 5.41) is 6.20. The van der Waals surface area contributed by atoms with Crippen molar-refractivity contribution in [2.24, 2.45) is 0 Å². The van der Waals surface area contributed by atoms with Gasteiger partial charge in [-0.3, -0.25) is 9.78 Å². The van der Waals surface area contributed by atoms with Crippen LogP contribution in [0, 0.1) is 0 Å². The van der Waals surface area contributed by atoms with Crippen LogP contribution in [0.1, 0.15) is 42.3 Å². The molecule has 2 aromatic carbocycles. The van der Waals surface area contributed by atoms with E-state index in [0.29, 0.717) is 33.9 Å². The van der Waals surface area contributed by atoms with Gasteiger partial charge in [-0.25, -0.2) is 4.79 Å². The largest absolute Gasteiger partial charge is 0.456 e. The van der Waals surface area contributed by atoms with Gasteiger partial charge in [-0.05, 0) is 75.4 Å². The molecule has 0 aliphatic carbocycles. The van der Waals surface area contributed by atoms with Gasteiger partial charge in [0.15, 0.2) is 0 Å². The summed E-state index contributed by atoms with van der Waals surface area (Å²) in [4.78, 5) is 29.4. The van der Waals surface area contributed by atoms with E-state index in [1.165, 1.54) is 0 Å². The summed E-state index contributed by atoms with van der Waals surface area (Å²) in [5.74, 6) is -0.626. The summed E-state index contributed by atoms with van der Waals surface area (Å²) in [6.07, 6.45) is 3.36. The van der Waals surface area contributed by atoms with Gasteiger partial charge in [0.25, 0.3) is 5.91 Å². The predicted octanol–water partition coefficient (Wildman–Crippen LogP) is 4.55. The summed E-state index contributed by atoms with van der Waals surface area (Å²) in [6, 6.07) is 15.9. The molecular weight excluding hydrogens is 404 g/mol. The fraction of sp³-hybridized carbons (Fsp3) is 0.160. The Kier molecular flexibility index (Phi) is 5.40. The van der Waals surface area contributed by atoms with E-state index >= 15 is 0 Å². The van der Waals surface area contributed by atoms with Gasteiger partial charge >= 0.3 is 5.97 Å². The smallest absolute Gasteiger partial charge is 0.338 e. The zero-order chi connectivity index (χ0) is 22.9. The number of amides is 1. The van der Waals surface area contributed by atoms with Crippen molar-refractivity contribution in [2.45, 2.75) is 26.4 Å². The first-order valence-corrected chi connectivity index (χ1v) is 10.2. The van der Waals surface area contributed by atoms with Crippen molar-refractivity contribution in [3.63, 3.8) is 0 Å². The Morgan fingerprint density at radius 3 is 2.47 bits per heavy atom. The lowest BCUT2D eigenvalue weighted by atomic mass is 10.0. The minimum atomic E-state index is -0.571. The molecule has 4 N–H and O–H groups in total. The first-order valence-electron chi connectivity index (χ1n) is 10.2. The number of ether oxygens (including phenoxy) is 1. The first kappa shape index (κ1) is 21.1. The standard InChI is InChI=1S/C25H24N4O3/c1-25(2,3)32-24(31)15-6-9-18(10-7-15)28-22(16-5-4-12-27-14-16)21-19-11-8-17(26)13-20(19)29-23(21)30/h4-14,28H,26H2,1-3H3,(H,29,30)/b22-21-. The molecule has 32 heavy (non-hydrogen) atoms. The number of rotatable bonds is 4. The van der Waals surface area contributed by atoms with E-state index in [0.717, 1.165) is 11.1 Å². The van der Waals surface area contributed by atoms with Crippen LogP contribution >= 0.6 is 0 Å². The quantitative estimate of drug-likeness (QED) is 0.320. The van der Waals surface area contributed by atoms with Crippen LogP contribution in [0.4, 0.5) is 17.1 Å². The van der Waals surface area contributed by atoms with Crippen LogP contribution in [0.5, 0.6) is 0 Å². The number of nitrogens with one attached hydrogen (secondary N) is 2. The summed E-state index contributed by atoms with van der Waals surface area (Å²) in [7, 11) is 0. The molecule has 3 aromatic rings. The van der Waals surface area contributed by atoms with Crippen molar-refractivity contribution in [3.05, 3.63) is 83.7 Å². The number of esters is 1. The number of pyridine rings is 1. The van der Waals surface area contributed by atoms with Crippen molar-refractivity contribution in [3.8, 4) is 0 Å². The molecule has 0 atom stereocenters. The Morgan fingerprint density at radius 2 is 1.81 bits per heavy atom. The molecule has 1 aliphatic rings. The Labute approximate surface area is 186 Å². The number of fused-ring (bicyclic) bond motifs is 1. The maximum Gasteiger partial charge on any atom is 0.338 e. The minimum absolute atomic E-state index is 0.234. The van der Waals surface area contributed by atoms with E-state index in [4.69, 9.17) is 10.5 Å². The topological polar surface area (TPSA) is 106 Å². The highest BCUT2D eigenvalue weighted by molar-refractivity contribution is 6.37. The highest BCUT2D eigenvalue weighted by atomic mass is 16.6. The van der Waals surface area contributed by atoms with Crippen LogP contribution in [-0.4, -0.2) is 22.5 Å². The number of nitrogens with zero attached hydrogens (tertiary/aromatic N) is 1. The van der Waals surface area contributed by atoms with E-state index < -0.39 is 11.6 Å². The van der Waals surface area contributed by atoms with Gasteiger partial charge in [0, 0.05) is 34.9 Å². The van der Waals surface area contributed by atoms with Gasteiger partial charge in [0.05, 0.1) is 22.5 Å². The lowest BCUT2D eigenvalue weighted by Gasteiger charge is -2.19. The molecule has 7 nitrogen and oxygen atoms in total. The zero-order valence-corrected chi connectivity index (χ0v) is 18.1.